The van der Waals surface area contributed by atoms with Crippen molar-refractivity contribution in [2.24, 2.45) is 5.73 Å². The van der Waals surface area contributed by atoms with Gasteiger partial charge in [-0.25, -0.2) is 9.97 Å². The van der Waals surface area contributed by atoms with Gasteiger partial charge in [-0.3, -0.25) is 0 Å². The fourth-order valence-corrected chi connectivity index (χ4v) is 2.05. The lowest BCUT2D eigenvalue weighted by Crippen LogP contribution is -2.18. The van der Waals surface area contributed by atoms with Gasteiger partial charge in [0.05, 0.1) is 6.10 Å². The van der Waals surface area contributed by atoms with E-state index in [1.54, 1.807) is 0 Å². The van der Waals surface area contributed by atoms with E-state index in [1.807, 2.05) is 39.1 Å². The van der Waals surface area contributed by atoms with Crippen LogP contribution >= 0.6 is 0 Å². The molecule has 0 amide bonds. The van der Waals surface area contributed by atoms with E-state index >= 15 is 0 Å². The van der Waals surface area contributed by atoms with Gasteiger partial charge in [-0.15, -0.1) is 0 Å². The molecule has 21 heavy (non-hydrogen) atoms. The maximum absolute atomic E-state index is 5.68. The highest BCUT2D eigenvalue weighted by molar-refractivity contribution is 5.41. The average Bonchev–Trinajstić information content (AvgIpc) is 2.47. The molecule has 0 aliphatic rings. The van der Waals surface area contributed by atoms with E-state index in [-0.39, 0.29) is 6.10 Å². The van der Waals surface area contributed by atoms with Crippen LogP contribution in [0.25, 0.3) is 0 Å². The van der Waals surface area contributed by atoms with Crippen molar-refractivity contribution in [2.45, 2.75) is 33.0 Å². The molecule has 5 heteroatoms. The summed E-state index contributed by atoms with van der Waals surface area (Å²) < 4.78 is 5.60. The van der Waals surface area contributed by atoms with Crippen LogP contribution in [0.2, 0.25) is 0 Å². The Labute approximate surface area is 125 Å². The van der Waals surface area contributed by atoms with Crippen molar-refractivity contribution < 1.29 is 4.74 Å². The quantitative estimate of drug-likeness (QED) is 0.883. The molecule has 2 aromatic rings. The Morgan fingerprint density at radius 3 is 2.67 bits per heavy atom. The zero-order valence-corrected chi connectivity index (χ0v) is 12.8. The summed E-state index contributed by atoms with van der Waals surface area (Å²) in [5.41, 5.74) is 8.01. The topological polar surface area (TPSA) is 64.3 Å². The fraction of sp³-hybridized carbons (Fsp3) is 0.375. The predicted molar refractivity (Wildman–Crippen MR) is 84.2 cm³/mol. The molecule has 1 heterocycles. The predicted octanol–water partition coefficient (Wildman–Crippen LogP) is 2.36. The first kappa shape index (κ1) is 15.3. The van der Waals surface area contributed by atoms with Gasteiger partial charge in [-0.1, -0.05) is 24.3 Å². The number of ether oxygens (including phenoxy) is 1. The Morgan fingerprint density at radius 2 is 1.95 bits per heavy atom. The van der Waals surface area contributed by atoms with Crippen LogP contribution in [0.4, 0.5) is 5.82 Å². The molecule has 0 saturated heterocycles. The summed E-state index contributed by atoms with van der Waals surface area (Å²) in [5, 5.41) is 0. The molecule has 0 atom stereocenters. The molecule has 0 radical (unpaired) electrons. The molecule has 0 aliphatic heterocycles. The highest BCUT2D eigenvalue weighted by Gasteiger charge is 2.07. The first-order valence-electron chi connectivity index (χ1n) is 7.06. The number of hydrogen-bond acceptors (Lipinski definition) is 5. The number of nitrogens with zero attached hydrogens (tertiary/aromatic N) is 3. The molecular weight excluding hydrogens is 264 g/mol. The number of benzene rings is 1. The van der Waals surface area contributed by atoms with E-state index < -0.39 is 0 Å². The second-order valence-electron chi connectivity index (χ2n) is 5.26. The lowest BCUT2D eigenvalue weighted by molar-refractivity contribution is 0.232. The maximum Gasteiger partial charge on any atom is 0.218 e. The second kappa shape index (κ2) is 7.04. The number of hydrogen-bond donors (Lipinski definition) is 1. The molecule has 2 rings (SSSR count). The van der Waals surface area contributed by atoms with Crippen molar-refractivity contribution in [3.63, 3.8) is 0 Å². The molecular formula is C16H22N4O. The number of rotatable bonds is 6. The van der Waals surface area contributed by atoms with Crippen LogP contribution in [-0.2, 0) is 13.1 Å². The van der Waals surface area contributed by atoms with Crippen LogP contribution in [0.5, 0.6) is 5.88 Å². The summed E-state index contributed by atoms with van der Waals surface area (Å²) in [4.78, 5) is 10.5. The van der Waals surface area contributed by atoms with Crippen molar-refractivity contribution in [2.75, 3.05) is 11.9 Å². The zero-order chi connectivity index (χ0) is 15.2. The Hall–Kier alpha value is -2.14. The summed E-state index contributed by atoms with van der Waals surface area (Å²) in [7, 11) is 2.00. The molecule has 112 valence electrons. The zero-order valence-electron chi connectivity index (χ0n) is 12.8. The van der Waals surface area contributed by atoms with E-state index in [1.165, 1.54) is 11.9 Å². The summed E-state index contributed by atoms with van der Waals surface area (Å²) in [5.74, 6) is 1.43. The van der Waals surface area contributed by atoms with E-state index in [4.69, 9.17) is 10.5 Å². The van der Waals surface area contributed by atoms with Gasteiger partial charge >= 0.3 is 0 Å². The van der Waals surface area contributed by atoms with Gasteiger partial charge in [-0.2, -0.15) is 0 Å². The third kappa shape index (κ3) is 4.43. The Bertz CT molecular complexity index is 586. The first-order valence-corrected chi connectivity index (χ1v) is 7.06. The minimum Gasteiger partial charge on any atom is -0.475 e. The lowest BCUT2D eigenvalue weighted by atomic mass is 10.1. The van der Waals surface area contributed by atoms with Gasteiger partial charge in [0.15, 0.2) is 0 Å². The van der Waals surface area contributed by atoms with Crippen molar-refractivity contribution in [1.82, 2.24) is 9.97 Å². The second-order valence-corrected chi connectivity index (χ2v) is 5.26. The van der Waals surface area contributed by atoms with Gasteiger partial charge in [0.1, 0.15) is 12.1 Å². The van der Waals surface area contributed by atoms with Crippen LogP contribution in [0, 0.1) is 0 Å². The van der Waals surface area contributed by atoms with Crippen LogP contribution in [0.1, 0.15) is 25.0 Å². The standard InChI is InChI=1S/C16H22N4O/c1-12(2)21-16-8-15(18-11-19-16)20(3)10-14-6-4-5-13(7-14)9-17/h4-8,11-12H,9-10,17H2,1-3H3. The maximum atomic E-state index is 5.68. The smallest absolute Gasteiger partial charge is 0.218 e. The molecule has 0 unspecified atom stereocenters. The summed E-state index contributed by atoms with van der Waals surface area (Å²) in [6.45, 7) is 5.26. The van der Waals surface area contributed by atoms with Crippen LogP contribution in [-0.4, -0.2) is 23.1 Å². The van der Waals surface area contributed by atoms with Crippen LogP contribution in [0.3, 0.4) is 0 Å². The molecule has 0 saturated carbocycles. The van der Waals surface area contributed by atoms with E-state index in [2.05, 4.69) is 27.0 Å². The van der Waals surface area contributed by atoms with Gasteiger partial charge in [-0.05, 0) is 25.0 Å². The molecule has 0 spiro atoms. The summed E-state index contributed by atoms with van der Waals surface area (Å²) in [6.07, 6.45) is 1.62. The van der Waals surface area contributed by atoms with Crippen molar-refractivity contribution in [3.8, 4) is 5.88 Å². The molecule has 0 fully saturated rings. The number of nitrogens with two attached hydrogens (primary N) is 1. The van der Waals surface area contributed by atoms with Gasteiger partial charge in [0.25, 0.3) is 0 Å². The summed E-state index contributed by atoms with van der Waals surface area (Å²) in [6, 6.07) is 10.1. The SMILES string of the molecule is CC(C)Oc1cc(N(C)Cc2cccc(CN)c2)ncn1. The molecule has 1 aromatic heterocycles. The normalized spacial score (nSPS) is 10.7. The first-order chi connectivity index (χ1) is 10.1. The van der Waals surface area contributed by atoms with E-state index in [9.17, 15) is 0 Å². The Kier molecular flexibility index (Phi) is 5.11. The minimum absolute atomic E-state index is 0.0966. The third-order valence-electron chi connectivity index (χ3n) is 3.02. The van der Waals surface area contributed by atoms with Crippen LogP contribution in [0.15, 0.2) is 36.7 Å². The minimum atomic E-state index is 0.0966. The average molecular weight is 286 g/mol. The largest absolute Gasteiger partial charge is 0.475 e. The Balaban J connectivity index is 2.10. The molecule has 0 aliphatic carbocycles. The third-order valence-corrected chi connectivity index (χ3v) is 3.02. The van der Waals surface area contributed by atoms with Crippen molar-refractivity contribution >= 4 is 5.82 Å². The highest BCUT2D eigenvalue weighted by atomic mass is 16.5. The van der Waals surface area contributed by atoms with Crippen molar-refractivity contribution in [3.05, 3.63) is 47.8 Å². The monoisotopic (exact) mass is 286 g/mol. The molecule has 2 N–H and O–H groups in total. The Morgan fingerprint density at radius 1 is 1.19 bits per heavy atom. The number of anilines is 1. The molecule has 5 nitrogen and oxygen atoms in total. The summed E-state index contributed by atoms with van der Waals surface area (Å²) >= 11 is 0. The molecule has 1 aromatic carbocycles. The van der Waals surface area contributed by atoms with E-state index in [0.29, 0.717) is 12.4 Å². The van der Waals surface area contributed by atoms with Crippen LogP contribution < -0.4 is 15.4 Å². The van der Waals surface area contributed by atoms with E-state index in [0.717, 1.165) is 17.9 Å². The molecule has 0 bridgehead atoms. The lowest BCUT2D eigenvalue weighted by Gasteiger charge is -2.19. The van der Waals surface area contributed by atoms with Gasteiger partial charge < -0.3 is 15.4 Å². The fourth-order valence-electron chi connectivity index (χ4n) is 2.05. The van der Waals surface area contributed by atoms with Crippen molar-refractivity contribution in [1.29, 1.82) is 0 Å². The van der Waals surface area contributed by atoms with Gasteiger partial charge in [0, 0.05) is 26.2 Å². The number of aromatic nitrogens is 2. The van der Waals surface area contributed by atoms with Gasteiger partial charge in [0.2, 0.25) is 5.88 Å². The highest BCUT2D eigenvalue weighted by Crippen LogP contribution is 2.18.